The fraction of sp³-hybridized carbons (Fsp3) is 0.235. The summed E-state index contributed by atoms with van der Waals surface area (Å²) in [7, 11) is 1.24. The molecule has 1 aromatic carbocycles. The van der Waals surface area contributed by atoms with Gasteiger partial charge in [0.2, 0.25) is 5.91 Å². The van der Waals surface area contributed by atoms with Gasteiger partial charge in [0.1, 0.15) is 5.82 Å². The quantitative estimate of drug-likeness (QED) is 0.858. The monoisotopic (exact) mass is 316 g/mol. The van der Waals surface area contributed by atoms with Gasteiger partial charge >= 0.3 is 5.97 Å². The Kier molecular flexibility index (Phi) is 5.41. The zero-order valence-electron chi connectivity index (χ0n) is 12.9. The van der Waals surface area contributed by atoms with Crippen LogP contribution < -0.4 is 5.32 Å². The van der Waals surface area contributed by atoms with E-state index in [0.29, 0.717) is 11.1 Å². The summed E-state index contributed by atoms with van der Waals surface area (Å²) < 4.78 is 18.1. The van der Waals surface area contributed by atoms with Crippen LogP contribution in [0, 0.1) is 12.7 Å². The molecule has 1 N–H and O–H groups in total. The fourth-order valence-corrected chi connectivity index (χ4v) is 2.14. The third-order valence-corrected chi connectivity index (χ3v) is 3.35. The van der Waals surface area contributed by atoms with Crippen molar-refractivity contribution < 1.29 is 18.7 Å². The molecule has 0 aliphatic rings. The third kappa shape index (κ3) is 4.35. The molecule has 0 fully saturated rings. The molecule has 0 saturated carbocycles. The standard InChI is InChI=1S/C17H17FN2O3/c1-11-8-13(5-6-14(11)18)16(17(22)23-2)20-15(21)9-12-4-3-7-19-10-12/h3-8,10,16H,9H2,1-2H3,(H,20,21)/t16-/m1/s1. The maximum absolute atomic E-state index is 13.4. The van der Waals surface area contributed by atoms with Gasteiger partial charge in [-0.2, -0.15) is 0 Å². The van der Waals surface area contributed by atoms with Crippen LogP contribution in [0.5, 0.6) is 0 Å². The summed E-state index contributed by atoms with van der Waals surface area (Å²) in [5.74, 6) is -1.34. The van der Waals surface area contributed by atoms with Gasteiger partial charge in [0.15, 0.2) is 6.04 Å². The Morgan fingerprint density at radius 3 is 2.74 bits per heavy atom. The summed E-state index contributed by atoms with van der Waals surface area (Å²) in [5, 5.41) is 2.62. The Labute approximate surface area is 133 Å². The molecule has 6 heteroatoms. The molecule has 2 rings (SSSR count). The molecule has 5 nitrogen and oxygen atoms in total. The summed E-state index contributed by atoms with van der Waals surface area (Å²) in [4.78, 5) is 28.0. The van der Waals surface area contributed by atoms with Gasteiger partial charge in [-0.3, -0.25) is 9.78 Å². The molecule has 0 aliphatic heterocycles. The van der Waals surface area contributed by atoms with Crippen LogP contribution in [0.2, 0.25) is 0 Å². The van der Waals surface area contributed by atoms with E-state index in [1.165, 1.54) is 25.3 Å². The Hall–Kier alpha value is -2.76. The average Bonchev–Trinajstić information content (AvgIpc) is 2.55. The summed E-state index contributed by atoms with van der Waals surface area (Å²) in [6.07, 6.45) is 3.27. The molecule has 120 valence electrons. The first kappa shape index (κ1) is 16.6. The lowest BCUT2D eigenvalue weighted by molar-refractivity contribution is -0.145. The van der Waals surface area contributed by atoms with Gasteiger partial charge < -0.3 is 10.1 Å². The molecule has 0 bridgehead atoms. The first-order chi connectivity index (χ1) is 11.0. The lowest BCUT2D eigenvalue weighted by atomic mass is 10.0. The molecular weight excluding hydrogens is 299 g/mol. The topological polar surface area (TPSA) is 68.3 Å². The number of hydrogen-bond donors (Lipinski definition) is 1. The van der Waals surface area contributed by atoms with E-state index in [-0.39, 0.29) is 18.1 Å². The lowest BCUT2D eigenvalue weighted by Gasteiger charge is -2.17. The van der Waals surface area contributed by atoms with Crippen molar-refractivity contribution in [2.24, 2.45) is 0 Å². The number of aryl methyl sites for hydroxylation is 1. The van der Waals surface area contributed by atoms with E-state index in [0.717, 1.165) is 5.56 Å². The number of nitrogens with one attached hydrogen (secondary N) is 1. The van der Waals surface area contributed by atoms with E-state index in [9.17, 15) is 14.0 Å². The number of esters is 1. The molecule has 1 atom stereocenters. The zero-order valence-corrected chi connectivity index (χ0v) is 12.9. The minimum atomic E-state index is -0.983. The smallest absolute Gasteiger partial charge is 0.333 e. The Morgan fingerprint density at radius 1 is 1.35 bits per heavy atom. The van der Waals surface area contributed by atoms with Crippen LogP contribution in [0.1, 0.15) is 22.7 Å². The van der Waals surface area contributed by atoms with Gasteiger partial charge in [-0.1, -0.05) is 18.2 Å². The predicted octanol–water partition coefficient (Wildman–Crippen LogP) is 2.10. The maximum atomic E-state index is 13.4. The molecule has 0 unspecified atom stereocenters. The number of carbonyl (C=O) groups is 2. The van der Waals surface area contributed by atoms with Crippen molar-refractivity contribution in [2.75, 3.05) is 7.11 Å². The highest BCUT2D eigenvalue weighted by Crippen LogP contribution is 2.18. The molecule has 1 heterocycles. The van der Waals surface area contributed by atoms with Gasteiger partial charge in [0.05, 0.1) is 13.5 Å². The van der Waals surface area contributed by atoms with Crippen molar-refractivity contribution >= 4 is 11.9 Å². The van der Waals surface area contributed by atoms with Crippen LogP contribution >= 0.6 is 0 Å². The van der Waals surface area contributed by atoms with E-state index in [1.807, 2.05) is 0 Å². The van der Waals surface area contributed by atoms with Gasteiger partial charge in [-0.25, -0.2) is 9.18 Å². The van der Waals surface area contributed by atoms with Crippen molar-refractivity contribution in [2.45, 2.75) is 19.4 Å². The average molecular weight is 316 g/mol. The van der Waals surface area contributed by atoms with Crippen LogP contribution in [0.25, 0.3) is 0 Å². The highest BCUT2D eigenvalue weighted by atomic mass is 19.1. The van der Waals surface area contributed by atoms with Gasteiger partial charge in [0.25, 0.3) is 0 Å². The van der Waals surface area contributed by atoms with E-state index >= 15 is 0 Å². The number of aromatic nitrogens is 1. The van der Waals surface area contributed by atoms with Crippen molar-refractivity contribution in [1.82, 2.24) is 10.3 Å². The Morgan fingerprint density at radius 2 is 2.13 bits per heavy atom. The van der Waals surface area contributed by atoms with E-state index in [1.54, 1.807) is 31.5 Å². The molecule has 2 aromatic rings. The number of rotatable bonds is 5. The van der Waals surface area contributed by atoms with Gasteiger partial charge in [0, 0.05) is 12.4 Å². The molecular formula is C17H17FN2O3. The van der Waals surface area contributed by atoms with Crippen molar-refractivity contribution in [3.63, 3.8) is 0 Å². The van der Waals surface area contributed by atoms with Crippen molar-refractivity contribution in [3.8, 4) is 0 Å². The molecule has 0 aliphatic carbocycles. The maximum Gasteiger partial charge on any atom is 0.333 e. The Balaban J connectivity index is 2.17. The first-order valence-corrected chi connectivity index (χ1v) is 7.03. The fourth-order valence-electron chi connectivity index (χ4n) is 2.14. The molecule has 23 heavy (non-hydrogen) atoms. The van der Waals surface area contributed by atoms with Crippen LogP contribution in [0.3, 0.4) is 0 Å². The molecule has 1 amide bonds. The minimum absolute atomic E-state index is 0.0848. The van der Waals surface area contributed by atoms with Crippen molar-refractivity contribution in [1.29, 1.82) is 0 Å². The number of carbonyl (C=O) groups excluding carboxylic acids is 2. The van der Waals surface area contributed by atoms with Crippen LogP contribution in [0.4, 0.5) is 4.39 Å². The number of ether oxygens (including phenoxy) is 1. The summed E-state index contributed by atoms with van der Waals surface area (Å²) in [6, 6.07) is 6.73. The second kappa shape index (κ2) is 7.49. The molecule has 0 saturated heterocycles. The number of methoxy groups -OCH3 is 1. The highest BCUT2D eigenvalue weighted by Gasteiger charge is 2.24. The summed E-state index contributed by atoms with van der Waals surface area (Å²) in [5.41, 5.74) is 1.58. The molecule has 1 aromatic heterocycles. The van der Waals surface area contributed by atoms with E-state index < -0.39 is 12.0 Å². The van der Waals surface area contributed by atoms with E-state index in [2.05, 4.69) is 10.3 Å². The van der Waals surface area contributed by atoms with Crippen molar-refractivity contribution in [3.05, 3.63) is 65.2 Å². The normalized spacial score (nSPS) is 11.6. The lowest BCUT2D eigenvalue weighted by Crippen LogP contribution is -2.35. The second-order valence-electron chi connectivity index (χ2n) is 5.07. The third-order valence-electron chi connectivity index (χ3n) is 3.35. The number of pyridine rings is 1. The van der Waals surface area contributed by atoms with Gasteiger partial charge in [-0.15, -0.1) is 0 Å². The van der Waals surface area contributed by atoms with E-state index in [4.69, 9.17) is 4.74 Å². The molecule has 0 radical (unpaired) electrons. The number of halogens is 1. The largest absolute Gasteiger partial charge is 0.467 e. The number of amides is 1. The van der Waals surface area contributed by atoms with Gasteiger partial charge in [-0.05, 0) is 35.7 Å². The summed E-state index contributed by atoms with van der Waals surface area (Å²) >= 11 is 0. The summed E-state index contributed by atoms with van der Waals surface area (Å²) in [6.45, 7) is 1.59. The second-order valence-corrected chi connectivity index (χ2v) is 5.07. The SMILES string of the molecule is COC(=O)[C@H](NC(=O)Cc1cccnc1)c1ccc(F)c(C)c1. The zero-order chi connectivity index (χ0) is 16.8. The minimum Gasteiger partial charge on any atom is -0.467 e. The Bertz CT molecular complexity index is 704. The number of benzene rings is 1. The van der Waals surface area contributed by atoms with Crippen LogP contribution in [-0.4, -0.2) is 24.0 Å². The van der Waals surface area contributed by atoms with Crippen LogP contribution in [0.15, 0.2) is 42.7 Å². The number of nitrogens with zero attached hydrogens (tertiary/aromatic N) is 1. The van der Waals surface area contributed by atoms with Crippen LogP contribution in [-0.2, 0) is 20.7 Å². The molecule has 0 spiro atoms. The highest BCUT2D eigenvalue weighted by molar-refractivity contribution is 5.86. The number of hydrogen-bond acceptors (Lipinski definition) is 4. The predicted molar refractivity (Wildman–Crippen MR) is 82.0 cm³/mol. The first-order valence-electron chi connectivity index (χ1n) is 7.03.